The van der Waals surface area contributed by atoms with E-state index < -0.39 is 5.60 Å². The number of nitriles is 1. The van der Waals surface area contributed by atoms with E-state index in [9.17, 15) is 20.0 Å². The maximum atomic E-state index is 13.3. The molecule has 6 heteroatoms. The average Bonchev–Trinajstić information content (AvgIpc) is 2.99. The second-order valence-electron chi connectivity index (χ2n) is 10.7. The van der Waals surface area contributed by atoms with Crippen LogP contribution in [0.3, 0.4) is 0 Å². The number of nitrogens with zero attached hydrogens (tertiary/aromatic N) is 3. The summed E-state index contributed by atoms with van der Waals surface area (Å²) in [7, 11) is 0. The number of carbonyl (C=O) groups is 1. The third-order valence-corrected chi connectivity index (χ3v) is 7.91. The van der Waals surface area contributed by atoms with E-state index in [1.54, 1.807) is 22.9 Å². The summed E-state index contributed by atoms with van der Waals surface area (Å²) >= 11 is 0. The zero-order valence-electron chi connectivity index (χ0n) is 22.7. The topological polar surface area (TPSA) is 86.3 Å². The molecule has 0 radical (unpaired) electrons. The normalized spacial score (nSPS) is 15.3. The van der Waals surface area contributed by atoms with Crippen molar-refractivity contribution in [2.75, 3.05) is 13.1 Å². The molecule has 6 nitrogen and oxygen atoms in total. The fourth-order valence-electron chi connectivity index (χ4n) is 5.52. The van der Waals surface area contributed by atoms with Crippen LogP contribution in [0.5, 0.6) is 0 Å². The number of pyridine rings is 1. The van der Waals surface area contributed by atoms with Crippen molar-refractivity contribution in [2.45, 2.75) is 44.2 Å². The third-order valence-electron chi connectivity index (χ3n) is 7.91. The standard InChI is InChI=1S/C34H33N3O3/c1-25(26-10-4-2-5-11-26)20-32(38)36-18-16-34(40,17-19-36)24-37-23-31(29-15-9-8-14-28(29)22-35)30(21-33(37)39)27-12-6-3-7-13-27/h2-15,21,23,25,40H,16-20,24H2,1H3. The van der Waals surface area contributed by atoms with Gasteiger partial charge in [-0.3, -0.25) is 9.59 Å². The molecule has 1 aliphatic rings. The van der Waals surface area contributed by atoms with Crippen molar-refractivity contribution in [1.82, 2.24) is 9.47 Å². The number of aliphatic hydroxyl groups is 1. The molecule has 1 unspecified atom stereocenters. The second-order valence-corrected chi connectivity index (χ2v) is 10.7. The summed E-state index contributed by atoms with van der Waals surface area (Å²) in [6.07, 6.45) is 2.95. The molecule has 1 atom stereocenters. The first-order valence-electron chi connectivity index (χ1n) is 13.7. The molecule has 1 saturated heterocycles. The lowest BCUT2D eigenvalue weighted by atomic mass is 9.89. The summed E-state index contributed by atoms with van der Waals surface area (Å²) in [5, 5.41) is 21.3. The quantitative estimate of drug-likeness (QED) is 0.336. The number of benzene rings is 3. The van der Waals surface area contributed by atoms with Crippen molar-refractivity contribution >= 4 is 5.91 Å². The van der Waals surface area contributed by atoms with E-state index in [2.05, 4.69) is 13.0 Å². The van der Waals surface area contributed by atoms with E-state index in [0.717, 1.165) is 27.8 Å². The van der Waals surface area contributed by atoms with Crippen molar-refractivity contribution in [1.29, 1.82) is 5.26 Å². The van der Waals surface area contributed by atoms with Crippen LogP contribution < -0.4 is 5.56 Å². The molecule has 1 aliphatic heterocycles. The van der Waals surface area contributed by atoms with Gasteiger partial charge in [-0.05, 0) is 41.5 Å². The van der Waals surface area contributed by atoms with E-state index >= 15 is 0 Å². The van der Waals surface area contributed by atoms with Crippen molar-refractivity contribution in [2.24, 2.45) is 0 Å². The zero-order valence-corrected chi connectivity index (χ0v) is 22.7. The Hall–Kier alpha value is -4.47. The van der Waals surface area contributed by atoms with Gasteiger partial charge in [-0.15, -0.1) is 0 Å². The molecule has 1 fully saturated rings. The Morgan fingerprint density at radius 2 is 1.55 bits per heavy atom. The molecule has 2 heterocycles. The van der Waals surface area contributed by atoms with Crippen LogP contribution in [0, 0.1) is 11.3 Å². The monoisotopic (exact) mass is 531 g/mol. The van der Waals surface area contributed by atoms with Gasteiger partial charge in [-0.2, -0.15) is 5.26 Å². The minimum Gasteiger partial charge on any atom is -0.388 e. The summed E-state index contributed by atoms with van der Waals surface area (Å²) in [6.45, 7) is 3.06. The molecular weight excluding hydrogens is 498 g/mol. The largest absolute Gasteiger partial charge is 0.388 e. The molecule has 4 aromatic rings. The number of amides is 1. The van der Waals surface area contributed by atoms with E-state index in [0.29, 0.717) is 37.9 Å². The smallest absolute Gasteiger partial charge is 0.251 e. The summed E-state index contributed by atoms with van der Waals surface area (Å²) in [4.78, 5) is 28.1. The Morgan fingerprint density at radius 3 is 2.23 bits per heavy atom. The predicted molar refractivity (Wildman–Crippen MR) is 157 cm³/mol. The molecular formula is C34H33N3O3. The lowest BCUT2D eigenvalue weighted by molar-refractivity contribution is -0.136. The van der Waals surface area contributed by atoms with Gasteiger partial charge in [0.05, 0.1) is 23.8 Å². The maximum absolute atomic E-state index is 13.3. The number of rotatable bonds is 7. The molecule has 0 bridgehead atoms. The molecule has 1 N–H and O–H groups in total. The lowest BCUT2D eigenvalue weighted by Gasteiger charge is -2.39. The number of carbonyl (C=O) groups excluding carboxylic acids is 1. The molecule has 40 heavy (non-hydrogen) atoms. The highest BCUT2D eigenvalue weighted by Crippen LogP contribution is 2.34. The van der Waals surface area contributed by atoms with E-state index in [-0.39, 0.29) is 23.9 Å². The molecule has 1 aromatic heterocycles. The van der Waals surface area contributed by atoms with Gasteiger partial charge < -0.3 is 14.6 Å². The summed E-state index contributed by atoms with van der Waals surface area (Å²) < 4.78 is 1.55. The fraction of sp³-hybridized carbons (Fsp3) is 0.265. The fourth-order valence-corrected chi connectivity index (χ4v) is 5.52. The molecule has 5 rings (SSSR count). The van der Waals surface area contributed by atoms with Crippen molar-refractivity contribution < 1.29 is 9.90 Å². The van der Waals surface area contributed by atoms with Crippen LogP contribution in [-0.2, 0) is 11.3 Å². The van der Waals surface area contributed by atoms with Crippen LogP contribution in [0.2, 0.25) is 0 Å². The lowest BCUT2D eigenvalue weighted by Crippen LogP contribution is -2.49. The molecule has 0 aliphatic carbocycles. The Morgan fingerprint density at radius 1 is 0.925 bits per heavy atom. The van der Waals surface area contributed by atoms with Gasteiger partial charge in [0.1, 0.15) is 0 Å². The highest BCUT2D eigenvalue weighted by Gasteiger charge is 2.35. The number of piperidine rings is 1. The highest BCUT2D eigenvalue weighted by atomic mass is 16.3. The number of aromatic nitrogens is 1. The number of hydrogen-bond donors (Lipinski definition) is 1. The van der Waals surface area contributed by atoms with E-state index in [1.165, 1.54) is 0 Å². The average molecular weight is 532 g/mol. The Bertz CT molecular complexity index is 1580. The Labute approximate surface area is 234 Å². The first kappa shape index (κ1) is 27.1. The Kier molecular flexibility index (Phi) is 7.95. The van der Waals surface area contributed by atoms with Crippen LogP contribution >= 0.6 is 0 Å². The van der Waals surface area contributed by atoms with Crippen LogP contribution in [0.4, 0.5) is 0 Å². The van der Waals surface area contributed by atoms with Gasteiger partial charge in [-0.25, -0.2) is 0 Å². The van der Waals surface area contributed by atoms with Crippen molar-refractivity contribution in [3.63, 3.8) is 0 Å². The van der Waals surface area contributed by atoms with Gasteiger partial charge in [0.15, 0.2) is 0 Å². The summed E-state index contributed by atoms with van der Waals surface area (Å²) in [5.74, 6) is 0.198. The van der Waals surface area contributed by atoms with E-state index in [1.807, 2.05) is 83.8 Å². The van der Waals surface area contributed by atoms with Gasteiger partial charge >= 0.3 is 0 Å². The SMILES string of the molecule is CC(CC(=O)N1CCC(O)(Cn2cc(-c3ccccc3C#N)c(-c3ccccc3)cc2=O)CC1)c1ccccc1. The molecule has 3 aromatic carbocycles. The minimum absolute atomic E-state index is 0.0816. The van der Waals surface area contributed by atoms with Crippen molar-refractivity contribution in [3.8, 4) is 28.3 Å². The molecule has 1 amide bonds. The van der Waals surface area contributed by atoms with Crippen molar-refractivity contribution in [3.05, 3.63) is 119 Å². The molecule has 0 saturated carbocycles. The molecule has 0 spiro atoms. The van der Waals surface area contributed by atoms with Gasteiger partial charge in [0, 0.05) is 42.9 Å². The van der Waals surface area contributed by atoms with Gasteiger partial charge in [0.2, 0.25) is 5.91 Å². The highest BCUT2D eigenvalue weighted by molar-refractivity contribution is 5.85. The van der Waals surface area contributed by atoms with Gasteiger partial charge in [0.25, 0.3) is 5.56 Å². The second kappa shape index (κ2) is 11.7. The third kappa shape index (κ3) is 5.90. The Balaban J connectivity index is 1.36. The molecule has 202 valence electrons. The summed E-state index contributed by atoms with van der Waals surface area (Å²) in [6, 6.07) is 30.8. The first-order chi connectivity index (χ1) is 19.4. The van der Waals surface area contributed by atoms with Crippen LogP contribution in [0.15, 0.2) is 102 Å². The minimum atomic E-state index is -1.12. The summed E-state index contributed by atoms with van der Waals surface area (Å²) in [5.41, 5.74) is 3.42. The zero-order chi connectivity index (χ0) is 28.1. The van der Waals surface area contributed by atoms with Gasteiger partial charge in [-0.1, -0.05) is 85.8 Å². The van der Waals surface area contributed by atoms with E-state index in [4.69, 9.17) is 0 Å². The van der Waals surface area contributed by atoms with Crippen LogP contribution in [0.1, 0.15) is 43.2 Å². The van der Waals surface area contributed by atoms with Crippen LogP contribution in [-0.4, -0.2) is 39.2 Å². The maximum Gasteiger partial charge on any atom is 0.251 e. The number of likely N-dealkylation sites (tertiary alicyclic amines) is 1. The predicted octanol–water partition coefficient (Wildman–Crippen LogP) is 5.60. The first-order valence-corrected chi connectivity index (χ1v) is 13.7. The van der Waals surface area contributed by atoms with Crippen LogP contribution in [0.25, 0.3) is 22.3 Å². The number of hydrogen-bond acceptors (Lipinski definition) is 4.